The molecule has 0 heterocycles. The molecule has 0 saturated heterocycles. The van der Waals surface area contributed by atoms with E-state index in [0.717, 1.165) is 0 Å². The van der Waals surface area contributed by atoms with Crippen molar-refractivity contribution in [1.82, 2.24) is 0 Å². The Morgan fingerprint density at radius 1 is 1.40 bits per heavy atom. The summed E-state index contributed by atoms with van der Waals surface area (Å²) in [4.78, 5) is 9.47. The molecule has 0 fully saturated rings. The van der Waals surface area contributed by atoms with Crippen molar-refractivity contribution in [3.05, 3.63) is 32.3 Å². The van der Waals surface area contributed by atoms with Crippen molar-refractivity contribution >= 4 is 27.3 Å². The molecule has 0 bridgehead atoms. The lowest BCUT2D eigenvalue weighted by atomic mass is 10.1. The van der Waals surface area contributed by atoms with Gasteiger partial charge in [-0.25, -0.2) is 0 Å². The van der Waals surface area contributed by atoms with E-state index in [0.29, 0.717) is 12.1 Å². The summed E-state index contributed by atoms with van der Waals surface area (Å²) in [5, 5.41) is 10.4. The first-order valence-corrected chi connectivity index (χ1v) is 4.33. The number of nitrogens with zero attached hydrogens (tertiary/aromatic N) is 1. The molecule has 0 aromatic heterocycles. The zero-order valence-corrected chi connectivity index (χ0v) is 8.59. The Labute approximate surface area is 90.2 Å². The van der Waals surface area contributed by atoms with Gasteiger partial charge in [-0.1, -0.05) is 0 Å². The minimum absolute atomic E-state index is 0.152. The van der Waals surface area contributed by atoms with E-state index in [-0.39, 0.29) is 10.2 Å². The predicted molar refractivity (Wildman–Crippen MR) is 50.2 cm³/mol. The van der Waals surface area contributed by atoms with Crippen LogP contribution in [-0.4, -0.2) is 4.92 Å². The third-order valence-electron chi connectivity index (χ3n) is 1.61. The van der Waals surface area contributed by atoms with Gasteiger partial charge in [-0.15, -0.1) is 0 Å². The van der Waals surface area contributed by atoms with Crippen LogP contribution in [0.25, 0.3) is 0 Å². The van der Waals surface area contributed by atoms with Crippen molar-refractivity contribution < 1.29 is 18.1 Å². The summed E-state index contributed by atoms with van der Waals surface area (Å²) in [5.41, 5.74) is 3.03. The number of nitro groups is 1. The Balaban J connectivity index is 3.43. The van der Waals surface area contributed by atoms with E-state index in [1.807, 2.05) is 0 Å². The molecule has 1 aromatic carbocycles. The molecule has 4 nitrogen and oxygen atoms in total. The largest absolute Gasteiger partial charge is 0.416 e. The summed E-state index contributed by atoms with van der Waals surface area (Å²) in [7, 11) is 0. The molecule has 0 spiro atoms. The zero-order chi connectivity index (χ0) is 11.8. The van der Waals surface area contributed by atoms with E-state index in [4.69, 9.17) is 5.73 Å². The molecule has 0 amide bonds. The van der Waals surface area contributed by atoms with Crippen molar-refractivity contribution in [2.45, 2.75) is 6.18 Å². The SMILES string of the molecule is Nc1cc(C(F)(F)F)cc([N+](=O)[O-])c1Br. The Morgan fingerprint density at radius 2 is 1.93 bits per heavy atom. The van der Waals surface area contributed by atoms with Gasteiger partial charge in [0.1, 0.15) is 4.47 Å². The van der Waals surface area contributed by atoms with Crippen molar-refractivity contribution in [2.75, 3.05) is 5.73 Å². The van der Waals surface area contributed by atoms with Crippen LogP contribution in [0.4, 0.5) is 24.5 Å². The first-order valence-electron chi connectivity index (χ1n) is 3.54. The molecule has 1 aromatic rings. The van der Waals surface area contributed by atoms with Gasteiger partial charge in [0.25, 0.3) is 5.69 Å². The van der Waals surface area contributed by atoms with Gasteiger partial charge in [0.15, 0.2) is 0 Å². The molecule has 0 aliphatic heterocycles. The second-order valence-corrected chi connectivity index (χ2v) is 3.45. The van der Waals surface area contributed by atoms with E-state index in [1.165, 1.54) is 0 Å². The number of hydrogen-bond donors (Lipinski definition) is 1. The molecule has 2 N–H and O–H groups in total. The van der Waals surface area contributed by atoms with Gasteiger partial charge in [0.05, 0.1) is 16.2 Å². The summed E-state index contributed by atoms with van der Waals surface area (Å²) in [6, 6.07) is 1.07. The second kappa shape index (κ2) is 3.69. The first kappa shape index (κ1) is 11.8. The van der Waals surface area contributed by atoms with Gasteiger partial charge in [-0.2, -0.15) is 13.2 Å². The third-order valence-corrected chi connectivity index (χ3v) is 2.47. The number of nitro benzene ring substituents is 1. The number of halogens is 4. The molecular weight excluding hydrogens is 281 g/mol. The van der Waals surface area contributed by atoms with Gasteiger partial charge in [0.2, 0.25) is 0 Å². The molecule has 0 radical (unpaired) electrons. The van der Waals surface area contributed by atoms with Crippen molar-refractivity contribution in [1.29, 1.82) is 0 Å². The van der Waals surface area contributed by atoms with Crippen LogP contribution in [0.15, 0.2) is 16.6 Å². The Morgan fingerprint density at radius 3 is 2.33 bits per heavy atom. The normalized spacial score (nSPS) is 11.5. The van der Waals surface area contributed by atoms with Gasteiger partial charge in [0, 0.05) is 6.07 Å². The van der Waals surface area contributed by atoms with Gasteiger partial charge in [-0.3, -0.25) is 10.1 Å². The Kier molecular flexibility index (Phi) is 2.89. The predicted octanol–water partition coefficient (Wildman–Crippen LogP) is 2.96. The van der Waals surface area contributed by atoms with Crippen LogP contribution in [-0.2, 0) is 6.18 Å². The van der Waals surface area contributed by atoms with E-state index in [2.05, 4.69) is 15.9 Å². The summed E-state index contributed by atoms with van der Waals surface area (Å²) >= 11 is 2.75. The van der Waals surface area contributed by atoms with Crippen LogP contribution in [0.5, 0.6) is 0 Å². The van der Waals surface area contributed by atoms with Gasteiger partial charge in [-0.05, 0) is 22.0 Å². The highest BCUT2D eigenvalue weighted by Crippen LogP contribution is 2.38. The Bertz CT molecular complexity index is 419. The van der Waals surface area contributed by atoms with E-state index >= 15 is 0 Å². The fourth-order valence-corrected chi connectivity index (χ4v) is 1.30. The summed E-state index contributed by atoms with van der Waals surface area (Å²) in [5.74, 6) is 0. The average molecular weight is 285 g/mol. The number of alkyl halides is 3. The van der Waals surface area contributed by atoms with Crippen molar-refractivity contribution in [3.8, 4) is 0 Å². The summed E-state index contributed by atoms with van der Waals surface area (Å²) in [6.07, 6.45) is -4.65. The number of benzene rings is 1. The van der Waals surface area contributed by atoms with E-state index in [9.17, 15) is 23.3 Å². The van der Waals surface area contributed by atoms with Crippen LogP contribution in [0.1, 0.15) is 5.56 Å². The third kappa shape index (κ3) is 2.38. The minimum Gasteiger partial charge on any atom is -0.398 e. The molecule has 1 rings (SSSR count). The highest BCUT2D eigenvalue weighted by Gasteiger charge is 2.33. The van der Waals surface area contributed by atoms with Gasteiger partial charge >= 0.3 is 6.18 Å². The summed E-state index contributed by atoms with van der Waals surface area (Å²) < 4.78 is 36.6. The maximum Gasteiger partial charge on any atom is 0.416 e. The molecule has 0 atom stereocenters. The molecule has 0 aliphatic carbocycles. The second-order valence-electron chi connectivity index (χ2n) is 2.65. The number of nitrogens with two attached hydrogens (primary N) is 1. The molecular formula is C7H4BrF3N2O2. The lowest BCUT2D eigenvalue weighted by Crippen LogP contribution is -2.07. The highest BCUT2D eigenvalue weighted by atomic mass is 79.9. The fraction of sp³-hybridized carbons (Fsp3) is 0.143. The lowest BCUT2D eigenvalue weighted by Gasteiger charge is -2.08. The maximum atomic E-state index is 12.2. The standard InChI is InChI=1S/C7H4BrF3N2O2/c8-6-4(12)1-3(7(9,10)11)2-5(6)13(14)15/h1-2H,12H2. The van der Waals surface area contributed by atoms with Crippen LogP contribution >= 0.6 is 15.9 Å². The van der Waals surface area contributed by atoms with Crippen LogP contribution in [0, 0.1) is 10.1 Å². The zero-order valence-electron chi connectivity index (χ0n) is 7.01. The average Bonchev–Trinajstić information content (AvgIpc) is 2.06. The smallest absolute Gasteiger partial charge is 0.398 e. The number of hydrogen-bond acceptors (Lipinski definition) is 3. The minimum atomic E-state index is -4.65. The molecule has 0 saturated carbocycles. The number of rotatable bonds is 1. The van der Waals surface area contributed by atoms with Crippen LogP contribution < -0.4 is 5.73 Å². The lowest BCUT2D eigenvalue weighted by molar-refractivity contribution is -0.385. The molecule has 0 aliphatic rings. The van der Waals surface area contributed by atoms with Crippen molar-refractivity contribution in [3.63, 3.8) is 0 Å². The maximum absolute atomic E-state index is 12.2. The molecule has 15 heavy (non-hydrogen) atoms. The highest BCUT2D eigenvalue weighted by molar-refractivity contribution is 9.10. The molecule has 8 heteroatoms. The number of nitrogen functional groups attached to an aromatic ring is 1. The topological polar surface area (TPSA) is 69.2 Å². The molecule has 0 unspecified atom stereocenters. The monoisotopic (exact) mass is 284 g/mol. The van der Waals surface area contributed by atoms with Crippen LogP contribution in [0.3, 0.4) is 0 Å². The quantitative estimate of drug-likeness (QED) is 0.490. The van der Waals surface area contributed by atoms with E-state index in [1.54, 1.807) is 0 Å². The number of anilines is 1. The van der Waals surface area contributed by atoms with Crippen LogP contribution in [0.2, 0.25) is 0 Å². The first-order chi connectivity index (χ1) is 6.73. The fourth-order valence-electron chi connectivity index (χ4n) is 0.928. The Hall–Kier alpha value is -1.31. The van der Waals surface area contributed by atoms with Crippen molar-refractivity contribution in [2.24, 2.45) is 0 Å². The summed E-state index contributed by atoms with van der Waals surface area (Å²) in [6.45, 7) is 0. The molecule has 82 valence electrons. The van der Waals surface area contributed by atoms with E-state index < -0.39 is 22.4 Å². The van der Waals surface area contributed by atoms with Gasteiger partial charge < -0.3 is 5.73 Å².